The summed E-state index contributed by atoms with van der Waals surface area (Å²) in [5.41, 5.74) is 6.79. The lowest BCUT2D eigenvalue weighted by Gasteiger charge is -2.14. The van der Waals surface area contributed by atoms with Crippen LogP contribution in [0.3, 0.4) is 0 Å². The number of benzene rings is 1. The molecule has 22 heavy (non-hydrogen) atoms. The number of hydrogen-bond acceptors (Lipinski definition) is 4. The average Bonchev–Trinajstić information content (AvgIpc) is 2.64. The van der Waals surface area contributed by atoms with Crippen molar-refractivity contribution in [1.29, 1.82) is 5.41 Å². The highest BCUT2D eigenvalue weighted by atomic mass is 14.9. The minimum atomic E-state index is 0.781. The van der Waals surface area contributed by atoms with E-state index in [4.69, 9.17) is 5.41 Å². The largest absolute Gasteiger partial charge is 0.359 e. The second kappa shape index (κ2) is 5.56. The zero-order valence-corrected chi connectivity index (χ0v) is 12.8. The highest BCUT2D eigenvalue weighted by Gasteiger charge is 2.15. The fraction of sp³-hybridized carbons (Fsp3) is 0.167. The summed E-state index contributed by atoms with van der Waals surface area (Å²) in [7, 11) is 0. The predicted molar refractivity (Wildman–Crippen MR) is 91.3 cm³/mol. The third-order valence-electron chi connectivity index (χ3n) is 3.61. The topological polar surface area (TPSA) is 61.7 Å². The third kappa shape index (κ3) is 2.55. The Morgan fingerprint density at radius 3 is 2.91 bits per heavy atom. The quantitative estimate of drug-likeness (QED) is 0.841. The molecule has 1 heterocycles. The van der Waals surface area contributed by atoms with Gasteiger partial charge in [-0.3, -0.25) is 0 Å². The molecule has 2 aromatic rings. The number of nitrogens with one attached hydrogen (secondary N) is 2. The molecular weight excluding hydrogens is 272 g/mol. The van der Waals surface area contributed by atoms with Crippen LogP contribution in [-0.4, -0.2) is 16.2 Å². The van der Waals surface area contributed by atoms with Gasteiger partial charge in [-0.25, -0.2) is 9.97 Å². The van der Waals surface area contributed by atoms with Crippen molar-refractivity contribution in [2.75, 3.05) is 5.32 Å². The fourth-order valence-electron chi connectivity index (χ4n) is 2.66. The lowest BCUT2D eigenvalue weighted by molar-refractivity contribution is 0.987. The summed E-state index contributed by atoms with van der Waals surface area (Å²) >= 11 is 0. The van der Waals surface area contributed by atoms with Crippen molar-refractivity contribution in [3.05, 3.63) is 59.3 Å². The lowest BCUT2D eigenvalue weighted by atomic mass is 9.97. The van der Waals surface area contributed by atoms with Gasteiger partial charge in [-0.2, -0.15) is 0 Å². The Bertz CT molecular complexity index is 803. The van der Waals surface area contributed by atoms with Crippen molar-refractivity contribution in [2.24, 2.45) is 0 Å². The zero-order chi connectivity index (χ0) is 15.7. The standard InChI is InChI=1S/C18H18N4/c1-11(2)21-18-8-13-5-4-6-17-16(10-20-12(3)22-17)15(13)7-14(18)9-19/h4-5,7-10,19,21H,1,6H2,2-3H3. The molecule has 1 aliphatic rings. The van der Waals surface area contributed by atoms with Crippen molar-refractivity contribution in [3.8, 4) is 11.1 Å². The number of hydrogen-bond donors (Lipinski definition) is 2. The Morgan fingerprint density at radius 1 is 1.36 bits per heavy atom. The van der Waals surface area contributed by atoms with Crippen LogP contribution in [-0.2, 0) is 6.42 Å². The van der Waals surface area contributed by atoms with Gasteiger partial charge in [0, 0.05) is 41.3 Å². The summed E-state index contributed by atoms with van der Waals surface area (Å²) in [5, 5.41) is 10.9. The summed E-state index contributed by atoms with van der Waals surface area (Å²) in [6.45, 7) is 7.68. The minimum Gasteiger partial charge on any atom is -0.359 e. The van der Waals surface area contributed by atoms with Crippen molar-refractivity contribution >= 4 is 18.0 Å². The lowest BCUT2D eigenvalue weighted by Crippen LogP contribution is -2.01. The summed E-state index contributed by atoms with van der Waals surface area (Å²) < 4.78 is 0. The SMILES string of the molecule is C=C(C)Nc1cc2c(cc1C=N)-c1cnc(C)nc1CC=C2. The first-order valence-corrected chi connectivity index (χ1v) is 7.19. The minimum absolute atomic E-state index is 0.781. The maximum Gasteiger partial charge on any atom is 0.125 e. The third-order valence-corrected chi connectivity index (χ3v) is 3.61. The van der Waals surface area contributed by atoms with Gasteiger partial charge in [-0.05, 0) is 37.1 Å². The first-order valence-electron chi connectivity index (χ1n) is 7.19. The van der Waals surface area contributed by atoms with Crippen LogP contribution in [0.1, 0.15) is 29.6 Å². The Labute approximate surface area is 130 Å². The van der Waals surface area contributed by atoms with E-state index in [0.717, 1.165) is 51.6 Å². The van der Waals surface area contributed by atoms with Gasteiger partial charge in [0.25, 0.3) is 0 Å². The van der Waals surface area contributed by atoms with E-state index < -0.39 is 0 Å². The van der Waals surface area contributed by atoms with Crippen LogP contribution >= 0.6 is 0 Å². The van der Waals surface area contributed by atoms with Crippen LogP contribution in [0.15, 0.2) is 36.7 Å². The van der Waals surface area contributed by atoms with Gasteiger partial charge in [-0.15, -0.1) is 0 Å². The van der Waals surface area contributed by atoms with Gasteiger partial charge in [0.15, 0.2) is 0 Å². The maximum atomic E-state index is 7.68. The van der Waals surface area contributed by atoms with Crippen LogP contribution in [0.25, 0.3) is 17.2 Å². The molecule has 110 valence electrons. The Hall–Kier alpha value is -2.75. The molecule has 1 aromatic carbocycles. The van der Waals surface area contributed by atoms with Gasteiger partial charge >= 0.3 is 0 Å². The molecule has 0 fully saturated rings. The number of fused-ring (bicyclic) bond motifs is 3. The number of rotatable bonds is 3. The van der Waals surface area contributed by atoms with Crippen LogP contribution in [0.4, 0.5) is 5.69 Å². The molecule has 4 heteroatoms. The monoisotopic (exact) mass is 290 g/mol. The van der Waals surface area contributed by atoms with Gasteiger partial charge < -0.3 is 10.7 Å². The molecule has 0 saturated carbocycles. The second-order valence-electron chi connectivity index (χ2n) is 5.46. The zero-order valence-electron chi connectivity index (χ0n) is 12.8. The number of nitrogens with zero attached hydrogens (tertiary/aromatic N) is 2. The summed E-state index contributed by atoms with van der Waals surface area (Å²) in [4.78, 5) is 8.88. The van der Waals surface area contributed by atoms with Crippen LogP contribution in [0.2, 0.25) is 0 Å². The molecule has 0 spiro atoms. The maximum absolute atomic E-state index is 7.68. The van der Waals surface area contributed by atoms with Gasteiger partial charge in [0.1, 0.15) is 5.82 Å². The molecule has 0 saturated heterocycles. The molecule has 0 bridgehead atoms. The van der Waals surface area contributed by atoms with Crippen LogP contribution in [0.5, 0.6) is 0 Å². The van der Waals surface area contributed by atoms with Gasteiger partial charge in [0.05, 0.1) is 5.69 Å². The molecule has 2 N–H and O–H groups in total. The molecule has 1 aromatic heterocycles. The highest BCUT2D eigenvalue weighted by molar-refractivity contribution is 5.92. The summed E-state index contributed by atoms with van der Waals surface area (Å²) in [6.07, 6.45) is 8.24. The smallest absolute Gasteiger partial charge is 0.125 e. The predicted octanol–water partition coefficient (Wildman–Crippen LogP) is 3.96. The number of aromatic nitrogens is 2. The van der Waals surface area contributed by atoms with Crippen LogP contribution in [0, 0.1) is 12.3 Å². The van der Waals surface area contributed by atoms with Crippen LogP contribution < -0.4 is 5.32 Å². The van der Waals surface area contributed by atoms with Crippen molar-refractivity contribution < 1.29 is 0 Å². The van der Waals surface area contributed by atoms with E-state index in [9.17, 15) is 0 Å². The molecule has 0 aliphatic heterocycles. The molecular formula is C18H18N4. The fourth-order valence-corrected chi connectivity index (χ4v) is 2.66. The van der Waals surface area contributed by atoms with Crippen molar-refractivity contribution in [2.45, 2.75) is 20.3 Å². The first-order chi connectivity index (χ1) is 10.6. The molecule has 0 atom stereocenters. The van der Waals surface area contributed by atoms with E-state index in [2.05, 4.69) is 40.1 Å². The molecule has 3 rings (SSSR count). The normalized spacial score (nSPS) is 12.1. The molecule has 1 aliphatic carbocycles. The van der Waals surface area contributed by atoms with E-state index in [1.165, 1.54) is 6.21 Å². The van der Waals surface area contributed by atoms with E-state index in [1.807, 2.05) is 26.1 Å². The molecule has 0 unspecified atom stereocenters. The number of aryl methyl sites for hydroxylation is 1. The van der Waals surface area contributed by atoms with Crippen molar-refractivity contribution in [1.82, 2.24) is 9.97 Å². The molecule has 0 amide bonds. The Balaban J connectivity index is 2.23. The van der Waals surface area contributed by atoms with E-state index in [0.29, 0.717) is 0 Å². The van der Waals surface area contributed by atoms with E-state index in [1.54, 1.807) is 0 Å². The van der Waals surface area contributed by atoms with E-state index >= 15 is 0 Å². The number of allylic oxidation sites excluding steroid dienone is 2. The second-order valence-corrected chi connectivity index (χ2v) is 5.46. The van der Waals surface area contributed by atoms with E-state index in [-0.39, 0.29) is 0 Å². The highest BCUT2D eigenvalue weighted by Crippen LogP contribution is 2.34. The molecule has 0 radical (unpaired) electrons. The molecule has 4 nitrogen and oxygen atoms in total. The average molecular weight is 290 g/mol. The summed E-state index contributed by atoms with van der Waals surface area (Å²) in [5.74, 6) is 0.781. The Kier molecular flexibility index (Phi) is 3.59. The first kappa shape index (κ1) is 14.2. The van der Waals surface area contributed by atoms with Crippen molar-refractivity contribution in [3.63, 3.8) is 0 Å². The Morgan fingerprint density at radius 2 is 2.18 bits per heavy atom. The van der Waals surface area contributed by atoms with Gasteiger partial charge in [0.2, 0.25) is 0 Å². The summed E-state index contributed by atoms with van der Waals surface area (Å²) in [6, 6.07) is 4.07. The van der Waals surface area contributed by atoms with Gasteiger partial charge in [-0.1, -0.05) is 18.7 Å². The number of anilines is 1.